The molecule has 13 heteroatoms. The number of carbonyl (C=O) groups excluding carboxylic acids is 1. The fraction of sp³-hybridized carbons (Fsp3) is 0.280. The number of hydrogen-bond donors (Lipinski definition) is 2. The fourth-order valence-electron chi connectivity index (χ4n) is 3.57. The third kappa shape index (κ3) is 6.48. The number of fused-ring (bicyclic) bond motifs is 1. The predicted octanol–water partition coefficient (Wildman–Crippen LogP) is 4.51. The molecule has 1 unspecified atom stereocenters. The highest BCUT2D eigenvalue weighted by Gasteiger charge is 2.30. The molecular weight excluding hydrogens is 507 g/mol. The number of nitrogens with zero attached hydrogens (tertiary/aromatic N) is 4. The maximum absolute atomic E-state index is 12.8. The first-order valence-electron chi connectivity index (χ1n) is 11.4. The van der Waals surface area contributed by atoms with Gasteiger partial charge in [0.05, 0.1) is 37.7 Å². The van der Waals surface area contributed by atoms with Gasteiger partial charge in [0, 0.05) is 11.6 Å². The molecule has 0 fully saturated rings. The SMILES string of the molecule is COc1cc2c(Oc3ccc(NC(=O)c4nn(CC(C)O)cc4OCC(F)(F)F)nc3)ccnc2cc1C. The molecule has 4 rings (SSSR count). The number of benzene rings is 1. The molecule has 3 aromatic heterocycles. The lowest BCUT2D eigenvalue weighted by atomic mass is 10.1. The highest BCUT2D eigenvalue weighted by Crippen LogP contribution is 2.33. The molecule has 0 saturated heterocycles. The van der Waals surface area contributed by atoms with Crippen LogP contribution in [-0.2, 0) is 6.54 Å². The normalized spacial score (nSPS) is 12.3. The molecule has 38 heavy (non-hydrogen) atoms. The molecule has 1 amide bonds. The summed E-state index contributed by atoms with van der Waals surface area (Å²) in [5, 5.41) is 16.7. The number of amides is 1. The minimum atomic E-state index is -4.61. The molecule has 0 saturated carbocycles. The fourth-order valence-corrected chi connectivity index (χ4v) is 3.57. The van der Waals surface area contributed by atoms with Crippen LogP contribution in [-0.4, -0.2) is 56.8 Å². The third-order valence-electron chi connectivity index (χ3n) is 5.21. The highest BCUT2D eigenvalue weighted by atomic mass is 19.4. The number of aliphatic hydroxyl groups excluding tert-OH is 1. The number of aryl methyl sites for hydroxylation is 1. The second-order valence-electron chi connectivity index (χ2n) is 8.40. The van der Waals surface area contributed by atoms with Crippen molar-refractivity contribution in [3.63, 3.8) is 0 Å². The van der Waals surface area contributed by atoms with Gasteiger partial charge in [0.15, 0.2) is 18.1 Å². The van der Waals surface area contributed by atoms with Crippen LogP contribution in [0.25, 0.3) is 10.9 Å². The van der Waals surface area contributed by atoms with Crippen LogP contribution in [0.2, 0.25) is 0 Å². The number of carbonyl (C=O) groups is 1. The van der Waals surface area contributed by atoms with E-state index in [9.17, 15) is 23.1 Å². The van der Waals surface area contributed by atoms with E-state index in [0.717, 1.165) is 27.3 Å². The van der Waals surface area contributed by atoms with Crippen LogP contribution >= 0.6 is 0 Å². The Balaban J connectivity index is 1.50. The number of halogens is 3. The molecule has 0 spiro atoms. The Labute approximate surface area is 215 Å². The van der Waals surface area contributed by atoms with Crippen LogP contribution in [0.15, 0.2) is 48.9 Å². The maximum Gasteiger partial charge on any atom is 0.422 e. The Morgan fingerprint density at radius 2 is 1.95 bits per heavy atom. The number of pyridine rings is 2. The van der Waals surface area contributed by atoms with Gasteiger partial charge in [-0.25, -0.2) is 4.98 Å². The molecule has 0 aliphatic rings. The summed E-state index contributed by atoms with van der Waals surface area (Å²) in [4.78, 5) is 21.3. The summed E-state index contributed by atoms with van der Waals surface area (Å²) in [6.07, 6.45) is -1.35. The van der Waals surface area contributed by atoms with Crippen molar-refractivity contribution >= 4 is 22.6 Å². The van der Waals surface area contributed by atoms with E-state index >= 15 is 0 Å². The van der Waals surface area contributed by atoms with Gasteiger partial charge < -0.3 is 24.6 Å². The van der Waals surface area contributed by atoms with Gasteiger partial charge in [-0.2, -0.15) is 18.3 Å². The van der Waals surface area contributed by atoms with E-state index < -0.39 is 24.8 Å². The monoisotopic (exact) mass is 531 g/mol. The van der Waals surface area contributed by atoms with Crippen LogP contribution in [0, 0.1) is 6.92 Å². The second kappa shape index (κ2) is 10.9. The lowest BCUT2D eigenvalue weighted by Gasteiger charge is -2.12. The number of ether oxygens (including phenoxy) is 3. The average Bonchev–Trinajstić information content (AvgIpc) is 3.25. The smallest absolute Gasteiger partial charge is 0.422 e. The van der Waals surface area contributed by atoms with E-state index in [1.54, 1.807) is 25.4 Å². The maximum atomic E-state index is 12.8. The second-order valence-corrected chi connectivity index (χ2v) is 8.40. The van der Waals surface area contributed by atoms with Gasteiger partial charge >= 0.3 is 6.18 Å². The molecule has 0 aliphatic heterocycles. The summed E-state index contributed by atoms with van der Waals surface area (Å²) in [6, 6.07) is 8.42. The van der Waals surface area contributed by atoms with Gasteiger partial charge in [-0.1, -0.05) is 0 Å². The van der Waals surface area contributed by atoms with Crippen molar-refractivity contribution in [3.05, 3.63) is 60.2 Å². The number of hydrogen-bond acceptors (Lipinski definition) is 8. The largest absolute Gasteiger partial charge is 0.496 e. The van der Waals surface area contributed by atoms with Crippen molar-refractivity contribution in [2.75, 3.05) is 19.0 Å². The molecule has 0 aliphatic carbocycles. The topological polar surface area (TPSA) is 121 Å². The molecule has 2 N–H and O–H groups in total. The molecule has 1 atom stereocenters. The molecular formula is C25H24F3N5O5. The standard InChI is InChI=1S/C25H24F3N5O5/c1-14-8-18-17(9-20(14)36-3)19(6-7-29-18)38-16-4-5-22(30-10-16)31-24(35)23-21(37-13-25(26,27)28)12-33(32-23)11-15(2)34/h4-10,12,15,34H,11,13H2,1-3H3,(H,30,31,35). The molecule has 0 radical (unpaired) electrons. The summed E-state index contributed by atoms with van der Waals surface area (Å²) >= 11 is 0. The van der Waals surface area contributed by atoms with Crippen LogP contribution in [0.3, 0.4) is 0 Å². The highest BCUT2D eigenvalue weighted by molar-refractivity contribution is 6.04. The Bertz CT molecular complexity index is 1440. The first kappa shape index (κ1) is 26.7. The Morgan fingerprint density at radius 1 is 1.16 bits per heavy atom. The number of anilines is 1. The zero-order valence-electron chi connectivity index (χ0n) is 20.6. The van der Waals surface area contributed by atoms with Crippen molar-refractivity contribution in [3.8, 4) is 23.0 Å². The number of alkyl halides is 3. The van der Waals surface area contributed by atoms with Gasteiger partial charge in [0.1, 0.15) is 23.1 Å². The van der Waals surface area contributed by atoms with Crippen molar-refractivity contribution in [2.24, 2.45) is 0 Å². The third-order valence-corrected chi connectivity index (χ3v) is 5.21. The molecule has 0 bridgehead atoms. The Hall–Kier alpha value is -4.39. The Kier molecular flexibility index (Phi) is 7.67. The molecule has 1 aromatic carbocycles. The molecule has 200 valence electrons. The average molecular weight is 531 g/mol. The van der Waals surface area contributed by atoms with Crippen molar-refractivity contribution in [1.29, 1.82) is 0 Å². The zero-order chi connectivity index (χ0) is 27.4. The molecule has 3 heterocycles. The van der Waals surface area contributed by atoms with E-state index in [-0.39, 0.29) is 23.8 Å². The predicted molar refractivity (Wildman–Crippen MR) is 131 cm³/mol. The van der Waals surface area contributed by atoms with Gasteiger partial charge in [0.2, 0.25) is 0 Å². The van der Waals surface area contributed by atoms with Crippen molar-refractivity contribution in [2.45, 2.75) is 32.7 Å². The number of aliphatic hydroxyl groups is 1. The van der Waals surface area contributed by atoms with Gasteiger partial charge in [-0.05, 0) is 49.7 Å². The van der Waals surface area contributed by atoms with E-state index in [1.807, 2.05) is 19.1 Å². The summed E-state index contributed by atoms with van der Waals surface area (Å²) in [5.74, 6) is 0.450. The quantitative estimate of drug-likeness (QED) is 0.324. The minimum Gasteiger partial charge on any atom is -0.496 e. The molecule has 4 aromatic rings. The summed E-state index contributed by atoms with van der Waals surface area (Å²) in [6.45, 7) is 1.73. The van der Waals surface area contributed by atoms with Crippen LogP contribution in [0.1, 0.15) is 23.0 Å². The number of nitrogens with one attached hydrogen (secondary N) is 1. The van der Waals surface area contributed by atoms with Gasteiger partial charge in [-0.15, -0.1) is 0 Å². The number of aromatic nitrogens is 4. The van der Waals surface area contributed by atoms with Crippen LogP contribution in [0.5, 0.6) is 23.0 Å². The van der Waals surface area contributed by atoms with Crippen LogP contribution < -0.4 is 19.5 Å². The van der Waals surface area contributed by atoms with Crippen LogP contribution in [0.4, 0.5) is 19.0 Å². The summed E-state index contributed by atoms with van der Waals surface area (Å²) in [5.41, 5.74) is 1.26. The summed E-state index contributed by atoms with van der Waals surface area (Å²) < 4.78 is 55.2. The van der Waals surface area contributed by atoms with E-state index in [1.165, 1.54) is 19.2 Å². The summed E-state index contributed by atoms with van der Waals surface area (Å²) in [7, 11) is 1.57. The lowest BCUT2D eigenvalue weighted by molar-refractivity contribution is -0.153. The van der Waals surface area contributed by atoms with E-state index in [4.69, 9.17) is 14.2 Å². The minimum absolute atomic E-state index is 0.0466. The van der Waals surface area contributed by atoms with Crippen molar-refractivity contribution < 1.29 is 37.3 Å². The van der Waals surface area contributed by atoms with E-state index in [2.05, 4.69) is 20.4 Å². The Morgan fingerprint density at radius 3 is 2.61 bits per heavy atom. The first-order chi connectivity index (χ1) is 18.0. The van der Waals surface area contributed by atoms with Gasteiger partial charge in [-0.3, -0.25) is 14.5 Å². The van der Waals surface area contributed by atoms with Gasteiger partial charge in [0.25, 0.3) is 5.91 Å². The molecule has 10 nitrogen and oxygen atoms in total. The van der Waals surface area contributed by atoms with Crippen molar-refractivity contribution in [1.82, 2.24) is 19.7 Å². The number of rotatable bonds is 9. The first-order valence-corrected chi connectivity index (χ1v) is 11.4. The van der Waals surface area contributed by atoms with E-state index in [0.29, 0.717) is 17.2 Å². The lowest BCUT2D eigenvalue weighted by Crippen LogP contribution is -2.21. The number of methoxy groups -OCH3 is 1. The zero-order valence-corrected chi connectivity index (χ0v) is 20.6.